The second kappa shape index (κ2) is 5.84. The maximum absolute atomic E-state index is 13.5. The highest BCUT2D eigenvalue weighted by Crippen LogP contribution is 2.16. The van der Waals surface area contributed by atoms with Crippen LogP contribution in [0.5, 0.6) is 5.75 Å². The van der Waals surface area contributed by atoms with Gasteiger partial charge in [-0.05, 0) is 36.4 Å². The third-order valence-corrected chi connectivity index (χ3v) is 3.05. The lowest BCUT2D eigenvalue weighted by Gasteiger charge is -2.07. The van der Waals surface area contributed by atoms with Crippen LogP contribution in [-0.4, -0.2) is 11.0 Å². The second-order valence-electron chi connectivity index (χ2n) is 3.97. The van der Waals surface area contributed by atoms with Gasteiger partial charge in [0.2, 0.25) is 0 Å². The number of benzene rings is 2. The van der Waals surface area contributed by atoms with E-state index >= 15 is 0 Å². The Morgan fingerprint density at radius 3 is 2.79 bits per heavy atom. The standard InChI is InChI=1S/C14H11BrFNO2/c15-11-4-5-13(16)10(6-11)8-17-14(19)9-2-1-3-12(18)7-9/h1-7,18H,8H2,(H,17,19). The van der Waals surface area contributed by atoms with Crippen molar-refractivity contribution >= 4 is 21.8 Å². The van der Waals surface area contributed by atoms with Gasteiger partial charge in [-0.1, -0.05) is 22.0 Å². The van der Waals surface area contributed by atoms with Gasteiger partial charge in [0, 0.05) is 22.1 Å². The summed E-state index contributed by atoms with van der Waals surface area (Å²) in [6.07, 6.45) is 0. The van der Waals surface area contributed by atoms with Gasteiger partial charge in [0.1, 0.15) is 11.6 Å². The molecule has 0 saturated heterocycles. The Morgan fingerprint density at radius 1 is 1.26 bits per heavy atom. The summed E-state index contributed by atoms with van der Waals surface area (Å²) >= 11 is 3.25. The van der Waals surface area contributed by atoms with Crippen molar-refractivity contribution < 1.29 is 14.3 Å². The fourth-order valence-corrected chi connectivity index (χ4v) is 2.01. The highest BCUT2D eigenvalue weighted by Gasteiger charge is 2.08. The number of rotatable bonds is 3. The highest BCUT2D eigenvalue weighted by atomic mass is 79.9. The summed E-state index contributed by atoms with van der Waals surface area (Å²) in [5.41, 5.74) is 0.721. The molecule has 0 bridgehead atoms. The minimum Gasteiger partial charge on any atom is -0.508 e. The predicted molar refractivity (Wildman–Crippen MR) is 73.4 cm³/mol. The van der Waals surface area contributed by atoms with Crippen molar-refractivity contribution in [2.75, 3.05) is 0 Å². The lowest BCUT2D eigenvalue weighted by Crippen LogP contribution is -2.23. The number of amides is 1. The Kier molecular flexibility index (Phi) is 4.16. The third kappa shape index (κ3) is 3.54. The second-order valence-corrected chi connectivity index (χ2v) is 4.88. The first-order valence-corrected chi connectivity index (χ1v) is 6.37. The van der Waals surface area contributed by atoms with E-state index in [-0.39, 0.29) is 24.0 Å². The summed E-state index contributed by atoms with van der Waals surface area (Å²) in [6.45, 7) is 0.0831. The number of phenolic OH excluding ortho intramolecular Hbond substituents is 1. The fraction of sp³-hybridized carbons (Fsp3) is 0.0714. The number of carbonyl (C=O) groups is 1. The van der Waals surface area contributed by atoms with Crippen LogP contribution in [0.2, 0.25) is 0 Å². The molecule has 0 aliphatic carbocycles. The molecule has 0 saturated carbocycles. The third-order valence-electron chi connectivity index (χ3n) is 2.56. The predicted octanol–water partition coefficient (Wildman–Crippen LogP) is 3.22. The molecule has 2 aromatic carbocycles. The number of aromatic hydroxyl groups is 1. The van der Waals surface area contributed by atoms with Crippen molar-refractivity contribution in [2.45, 2.75) is 6.54 Å². The van der Waals surface area contributed by atoms with Crippen LogP contribution >= 0.6 is 15.9 Å². The van der Waals surface area contributed by atoms with Crippen LogP contribution in [0.4, 0.5) is 4.39 Å². The maximum Gasteiger partial charge on any atom is 0.251 e. The molecule has 1 amide bonds. The van der Waals surface area contributed by atoms with Gasteiger partial charge in [-0.2, -0.15) is 0 Å². The maximum atomic E-state index is 13.5. The van der Waals surface area contributed by atoms with Gasteiger partial charge in [0.25, 0.3) is 5.91 Å². The van der Waals surface area contributed by atoms with Crippen LogP contribution < -0.4 is 5.32 Å². The molecule has 0 atom stereocenters. The van der Waals surface area contributed by atoms with Gasteiger partial charge < -0.3 is 10.4 Å². The van der Waals surface area contributed by atoms with E-state index in [1.165, 1.54) is 18.2 Å². The van der Waals surface area contributed by atoms with Gasteiger partial charge >= 0.3 is 0 Å². The Balaban J connectivity index is 2.06. The Hall–Kier alpha value is -1.88. The van der Waals surface area contributed by atoms with Crippen molar-refractivity contribution in [1.29, 1.82) is 0 Å². The molecular formula is C14H11BrFNO2. The molecule has 98 valence electrons. The summed E-state index contributed by atoms with van der Waals surface area (Å²) < 4.78 is 14.2. The molecule has 0 aliphatic heterocycles. The van der Waals surface area contributed by atoms with E-state index in [1.54, 1.807) is 24.3 Å². The van der Waals surface area contributed by atoms with Gasteiger partial charge in [0.05, 0.1) is 0 Å². The molecule has 3 nitrogen and oxygen atoms in total. The largest absolute Gasteiger partial charge is 0.508 e. The normalized spacial score (nSPS) is 10.2. The summed E-state index contributed by atoms with van der Waals surface area (Å²) in [5, 5.41) is 11.9. The SMILES string of the molecule is O=C(NCc1cc(Br)ccc1F)c1cccc(O)c1. The Labute approximate surface area is 118 Å². The van der Waals surface area contributed by atoms with Crippen LogP contribution in [0, 0.1) is 5.82 Å². The quantitative estimate of drug-likeness (QED) is 0.911. The molecule has 0 spiro atoms. The van der Waals surface area contributed by atoms with Crippen molar-refractivity contribution in [3.8, 4) is 5.75 Å². The molecule has 2 aromatic rings. The summed E-state index contributed by atoms with van der Waals surface area (Å²) in [6, 6.07) is 10.5. The monoisotopic (exact) mass is 323 g/mol. The molecule has 0 fully saturated rings. The zero-order chi connectivity index (χ0) is 13.8. The highest BCUT2D eigenvalue weighted by molar-refractivity contribution is 9.10. The molecule has 19 heavy (non-hydrogen) atoms. The minimum absolute atomic E-state index is 0.0151. The molecule has 2 N–H and O–H groups in total. The Morgan fingerprint density at radius 2 is 2.05 bits per heavy atom. The van der Waals surface area contributed by atoms with E-state index in [9.17, 15) is 14.3 Å². The first-order valence-electron chi connectivity index (χ1n) is 5.57. The number of phenols is 1. The van der Waals surface area contributed by atoms with Crippen molar-refractivity contribution in [2.24, 2.45) is 0 Å². The number of hydrogen-bond acceptors (Lipinski definition) is 2. The van der Waals surface area contributed by atoms with E-state index in [0.717, 1.165) is 4.47 Å². The van der Waals surface area contributed by atoms with Gasteiger partial charge in [-0.25, -0.2) is 4.39 Å². The van der Waals surface area contributed by atoms with Gasteiger partial charge in [-0.15, -0.1) is 0 Å². The van der Waals surface area contributed by atoms with Crippen LogP contribution in [0.25, 0.3) is 0 Å². The average molecular weight is 324 g/mol. The zero-order valence-corrected chi connectivity index (χ0v) is 11.4. The molecule has 0 aliphatic rings. The van der Waals surface area contributed by atoms with Crippen LogP contribution in [0.3, 0.4) is 0 Å². The molecule has 0 radical (unpaired) electrons. The minimum atomic E-state index is -0.376. The number of halogens is 2. The number of carbonyl (C=O) groups excluding carboxylic acids is 1. The van der Waals surface area contributed by atoms with Crippen LogP contribution in [0.15, 0.2) is 46.9 Å². The first-order chi connectivity index (χ1) is 9.06. The lowest BCUT2D eigenvalue weighted by molar-refractivity contribution is 0.0950. The number of hydrogen-bond donors (Lipinski definition) is 2. The van der Waals surface area contributed by atoms with Gasteiger partial charge in [0.15, 0.2) is 0 Å². The smallest absolute Gasteiger partial charge is 0.251 e. The molecule has 0 unspecified atom stereocenters. The summed E-state index contributed by atoms with van der Waals surface area (Å²) in [5.74, 6) is -0.726. The van der Waals surface area contributed by atoms with E-state index in [2.05, 4.69) is 21.2 Å². The lowest BCUT2D eigenvalue weighted by atomic mass is 10.2. The first kappa shape index (κ1) is 13.5. The topological polar surface area (TPSA) is 49.3 Å². The summed E-state index contributed by atoms with van der Waals surface area (Å²) in [7, 11) is 0. The molecule has 0 aromatic heterocycles. The molecule has 5 heteroatoms. The Bertz CT molecular complexity index is 616. The van der Waals surface area contributed by atoms with E-state index in [1.807, 2.05) is 0 Å². The van der Waals surface area contributed by atoms with Crippen LogP contribution in [-0.2, 0) is 6.54 Å². The van der Waals surface area contributed by atoms with Crippen LogP contribution in [0.1, 0.15) is 15.9 Å². The molecular weight excluding hydrogens is 313 g/mol. The van der Waals surface area contributed by atoms with E-state index in [4.69, 9.17) is 0 Å². The molecule has 0 heterocycles. The van der Waals surface area contributed by atoms with Gasteiger partial charge in [-0.3, -0.25) is 4.79 Å². The average Bonchev–Trinajstić information content (AvgIpc) is 2.39. The zero-order valence-electron chi connectivity index (χ0n) is 9.86. The molecule has 2 rings (SSSR count). The van der Waals surface area contributed by atoms with Crippen molar-refractivity contribution in [3.05, 3.63) is 63.9 Å². The van der Waals surface area contributed by atoms with Crippen molar-refractivity contribution in [1.82, 2.24) is 5.32 Å². The van der Waals surface area contributed by atoms with Crippen molar-refractivity contribution in [3.63, 3.8) is 0 Å². The summed E-state index contributed by atoms with van der Waals surface area (Å²) in [4.78, 5) is 11.8. The van der Waals surface area contributed by atoms with E-state index < -0.39 is 0 Å². The number of nitrogens with one attached hydrogen (secondary N) is 1. The van der Waals surface area contributed by atoms with E-state index in [0.29, 0.717) is 11.1 Å². The fourth-order valence-electron chi connectivity index (χ4n) is 1.60.